The van der Waals surface area contributed by atoms with Gasteiger partial charge in [0, 0.05) is 18.8 Å². The molecule has 0 spiro atoms. The van der Waals surface area contributed by atoms with Crippen molar-refractivity contribution in [2.75, 3.05) is 23.3 Å². The predicted molar refractivity (Wildman–Crippen MR) is 93.9 cm³/mol. The van der Waals surface area contributed by atoms with Gasteiger partial charge in [0.05, 0.1) is 4.92 Å². The molecule has 0 saturated carbocycles. The summed E-state index contributed by atoms with van der Waals surface area (Å²) in [4.78, 5) is 21.5. The van der Waals surface area contributed by atoms with Crippen LogP contribution in [0.1, 0.15) is 30.4 Å². The minimum absolute atomic E-state index is 0.0578. The maximum absolute atomic E-state index is 11.7. The smallest absolute Gasteiger partial charge is 0.351 e. The number of anilines is 3. The Morgan fingerprint density at radius 1 is 1.12 bits per heavy atom. The number of piperidine rings is 1. The fraction of sp³-hybridized carbons (Fsp3) is 0.412. The molecule has 1 aromatic heterocycles. The third-order valence-electron chi connectivity index (χ3n) is 4.41. The van der Waals surface area contributed by atoms with Crippen LogP contribution in [0, 0.1) is 24.0 Å². The highest BCUT2D eigenvalue weighted by atomic mass is 16.6. The molecule has 1 N–H and O–H groups in total. The molecule has 0 radical (unpaired) electrons. The molecule has 7 heteroatoms. The van der Waals surface area contributed by atoms with E-state index in [0.29, 0.717) is 5.82 Å². The van der Waals surface area contributed by atoms with E-state index in [9.17, 15) is 10.1 Å². The topological polar surface area (TPSA) is 84.2 Å². The van der Waals surface area contributed by atoms with Gasteiger partial charge in [-0.05, 0) is 56.4 Å². The predicted octanol–water partition coefficient (Wildman–Crippen LogP) is 3.74. The standard InChI is InChI=1S/C17H21N5O2/c1-12-6-7-14(10-13(12)2)20-16-15(22(23)24)17(19-11-18-16)21-8-4-3-5-9-21/h6-7,10-11H,3-5,8-9H2,1-2H3,(H,18,19,20). The minimum atomic E-state index is -0.396. The summed E-state index contributed by atoms with van der Waals surface area (Å²) in [7, 11) is 0. The van der Waals surface area contributed by atoms with Crippen molar-refractivity contribution in [3.05, 3.63) is 45.8 Å². The zero-order chi connectivity index (χ0) is 17.1. The summed E-state index contributed by atoms with van der Waals surface area (Å²) in [5.41, 5.74) is 3.02. The second kappa shape index (κ2) is 6.82. The van der Waals surface area contributed by atoms with Crippen LogP contribution in [-0.2, 0) is 0 Å². The van der Waals surface area contributed by atoms with Gasteiger partial charge in [-0.3, -0.25) is 10.1 Å². The Morgan fingerprint density at radius 2 is 1.88 bits per heavy atom. The molecule has 2 heterocycles. The number of aromatic nitrogens is 2. The van der Waals surface area contributed by atoms with E-state index in [1.165, 1.54) is 11.9 Å². The molecule has 1 aliphatic heterocycles. The highest BCUT2D eigenvalue weighted by Crippen LogP contribution is 2.34. The molecule has 0 amide bonds. The molecular weight excluding hydrogens is 306 g/mol. The van der Waals surface area contributed by atoms with Gasteiger partial charge in [-0.2, -0.15) is 0 Å². The Morgan fingerprint density at radius 3 is 2.54 bits per heavy atom. The summed E-state index contributed by atoms with van der Waals surface area (Å²) >= 11 is 0. The Hall–Kier alpha value is -2.70. The normalized spacial score (nSPS) is 14.5. The SMILES string of the molecule is Cc1ccc(Nc2ncnc(N3CCCCC3)c2[N+](=O)[O-])cc1C. The monoisotopic (exact) mass is 327 g/mol. The van der Waals surface area contributed by atoms with E-state index in [1.54, 1.807) is 0 Å². The number of rotatable bonds is 4. The van der Waals surface area contributed by atoms with Crippen molar-refractivity contribution in [3.8, 4) is 0 Å². The molecule has 0 bridgehead atoms. The van der Waals surface area contributed by atoms with E-state index in [2.05, 4.69) is 15.3 Å². The van der Waals surface area contributed by atoms with Crippen LogP contribution in [0.3, 0.4) is 0 Å². The summed E-state index contributed by atoms with van der Waals surface area (Å²) < 4.78 is 0. The second-order valence-electron chi connectivity index (χ2n) is 6.12. The molecule has 24 heavy (non-hydrogen) atoms. The first-order chi connectivity index (χ1) is 11.6. The van der Waals surface area contributed by atoms with E-state index in [1.807, 2.05) is 36.9 Å². The van der Waals surface area contributed by atoms with Crippen molar-refractivity contribution in [1.29, 1.82) is 0 Å². The van der Waals surface area contributed by atoms with Gasteiger partial charge in [-0.15, -0.1) is 0 Å². The quantitative estimate of drug-likeness (QED) is 0.680. The molecule has 1 aromatic carbocycles. The molecule has 0 unspecified atom stereocenters. The highest BCUT2D eigenvalue weighted by Gasteiger charge is 2.27. The fourth-order valence-corrected chi connectivity index (χ4v) is 2.92. The van der Waals surface area contributed by atoms with Crippen molar-refractivity contribution in [1.82, 2.24) is 9.97 Å². The summed E-state index contributed by atoms with van der Waals surface area (Å²) in [5, 5.41) is 14.7. The van der Waals surface area contributed by atoms with Crippen molar-refractivity contribution >= 4 is 23.0 Å². The van der Waals surface area contributed by atoms with Gasteiger partial charge >= 0.3 is 5.69 Å². The Kier molecular flexibility index (Phi) is 4.59. The van der Waals surface area contributed by atoms with Crippen molar-refractivity contribution in [3.63, 3.8) is 0 Å². The first-order valence-corrected chi connectivity index (χ1v) is 8.15. The number of hydrogen-bond donors (Lipinski definition) is 1. The average Bonchev–Trinajstić information content (AvgIpc) is 2.58. The lowest BCUT2D eigenvalue weighted by Crippen LogP contribution is -2.31. The van der Waals surface area contributed by atoms with Crippen LogP contribution in [0.15, 0.2) is 24.5 Å². The first kappa shape index (κ1) is 16.2. The fourth-order valence-electron chi connectivity index (χ4n) is 2.92. The number of nitro groups is 1. The van der Waals surface area contributed by atoms with Crippen molar-refractivity contribution < 1.29 is 4.92 Å². The van der Waals surface area contributed by atoms with Crippen LogP contribution in [0.25, 0.3) is 0 Å². The molecule has 0 aliphatic carbocycles. The lowest BCUT2D eigenvalue weighted by molar-refractivity contribution is -0.383. The summed E-state index contributed by atoms with van der Waals surface area (Å²) in [6.45, 7) is 5.62. The zero-order valence-corrected chi connectivity index (χ0v) is 14.0. The van der Waals surface area contributed by atoms with Crippen LogP contribution >= 0.6 is 0 Å². The molecule has 3 rings (SSSR count). The lowest BCUT2D eigenvalue weighted by atomic mass is 10.1. The molecule has 1 saturated heterocycles. The van der Waals surface area contributed by atoms with Gasteiger partial charge in [0.2, 0.25) is 11.6 Å². The van der Waals surface area contributed by atoms with Gasteiger partial charge < -0.3 is 10.2 Å². The van der Waals surface area contributed by atoms with E-state index in [4.69, 9.17) is 0 Å². The van der Waals surface area contributed by atoms with Crippen LogP contribution < -0.4 is 10.2 Å². The van der Waals surface area contributed by atoms with Gasteiger partial charge in [-0.25, -0.2) is 9.97 Å². The van der Waals surface area contributed by atoms with Crippen LogP contribution in [0.4, 0.5) is 23.0 Å². The summed E-state index contributed by atoms with van der Waals surface area (Å²) in [5.74, 6) is 0.639. The number of aryl methyl sites for hydroxylation is 2. The molecule has 7 nitrogen and oxygen atoms in total. The summed E-state index contributed by atoms with van der Waals surface area (Å²) in [6.07, 6.45) is 4.60. The number of benzene rings is 1. The Balaban J connectivity index is 1.97. The molecule has 126 valence electrons. The maximum atomic E-state index is 11.7. The number of hydrogen-bond acceptors (Lipinski definition) is 6. The number of nitrogens with one attached hydrogen (secondary N) is 1. The van der Waals surface area contributed by atoms with Crippen molar-refractivity contribution in [2.24, 2.45) is 0 Å². The Labute approximate surface area is 140 Å². The van der Waals surface area contributed by atoms with Gasteiger partial charge in [-0.1, -0.05) is 6.07 Å². The lowest BCUT2D eigenvalue weighted by Gasteiger charge is -2.27. The zero-order valence-electron chi connectivity index (χ0n) is 14.0. The third kappa shape index (κ3) is 3.29. The molecular formula is C17H21N5O2. The average molecular weight is 327 g/mol. The van der Waals surface area contributed by atoms with Crippen LogP contribution in [-0.4, -0.2) is 28.0 Å². The molecule has 1 aliphatic rings. The first-order valence-electron chi connectivity index (χ1n) is 8.15. The second-order valence-corrected chi connectivity index (χ2v) is 6.12. The number of nitrogens with zero attached hydrogens (tertiary/aromatic N) is 4. The van der Waals surface area contributed by atoms with Gasteiger partial charge in [0.1, 0.15) is 6.33 Å². The van der Waals surface area contributed by atoms with Gasteiger partial charge in [0.25, 0.3) is 0 Å². The molecule has 1 fully saturated rings. The third-order valence-corrected chi connectivity index (χ3v) is 4.41. The maximum Gasteiger partial charge on any atom is 0.353 e. The van der Waals surface area contributed by atoms with E-state index in [-0.39, 0.29) is 11.5 Å². The Bertz CT molecular complexity index is 757. The largest absolute Gasteiger partial charge is 0.353 e. The van der Waals surface area contributed by atoms with E-state index in [0.717, 1.165) is 43.6 Å². The van der Waals surface area contributed by atoms with E-state index >= 15 is 0 Å². The van der Waals surface area contributed by atoms with Crippen molar-refractivity contribution in [2.45, 2.75) is 33.1 Å². The van der Waals surface area contributed by atoms with Crippen LogP contribution in [0.5, 0.6) is 0 Å². The highest BCUT2D eigenvalue weighted by molar-refractivity contribution is 5.74. The minimum Gasteiger partial charge on any atom is -0.351 e. The molecule has 0 atom stereocenters. The summed E-state index contributed by atoms with van der Waals surface area (Å²) in [6, 6.07) is 5.84. The molecule has 2 aromatic rings. The van der Waals surface area contributed by atoms with E-state index < -0.39 is 4.92 Å². The van der Waals surface area contributed by atoms with Crippen LogP contribution in [0.2, 0.25) is 0 Å². The van der Waals surface area contributed by atoms with Gasteiger partial charge in [0.15, 0.2) is 0 Å².